The van der Waals surface area contributed by atoms with Crippen LogP contribution >= 0.6 is 23.2 Å². The number of hydrogen-bond donors (Lipinski definition) is 1. The van der Waals surface area contributed by atoms with E-state index in [4.69, 9.17) is 27.9 Å². The highest BCUT2D eigenvalue weighted by atomic mass is 35.5. The standard InChI is InChI=1S/C25H24Cl2N2O4S/c26-18-10-15-24(23(27)16-18)29(34(31,32)22-8-2-1-3-9-22)17-25(30)28-19-11-13-21(14-12-19)33-20-6-4-5-7-20/h1-3,8-16,20H,4-7,17H2,(H,28,30). The smallest absolute Gasteiger partial charge is 0.264 e. The quantitative estimate of drug-likeness (QED) is 0.388. The largest absolute Gasteiger partial charge is 0.490 e. The SMILES string of the molecule is O=C(CN(c1ccc(Cl)cc1Cl)S(=O)(=O)c1ccccc1)Nc1ccc(OC2CCCC2)cc1. The average Bonchev–Trinajstić information content (AvgIpc) is 3.33. The fourth-order valence-electron chi connectivity index (χ4n) is 3.85. The Kier molecular flexibility index (Phi) is 7.66. The molecule has 3 aromatic carbocycles. The van der Waals surface area contributed by atoms with Crippen molar-refractivity contribution in [2.75, 3.05) is 16.2 Å². The van der Waals surface area contributed by atoms with Crippen molar-refractivity contribution in [3.8, 4) is 5.75 Å². The van der Waals surface area contributed by atoms with Gasteiger partial charge in [-0.1, -0.05) is 41.4 Å². The minimum atomic E-state index is -4.07. The molecule has 1 N–H and O–H groups in total. The molecule has 178 valence electrons. The molecule has 0 unspecified atom stereocenters. The number of ether oxygens (including phenoxy) is 1. The number of nitrogens with one attached hydrogen (secondary N) is 1. The van der Waals surface area contributed by atoms with Crippen molar-refractivity contribution in [1.29, 1.82) is 0 Å². The summed E-state index contributed by atoms with van der Waals surface area (Å²) >= 11 is 12.3. The second-order valence-electron chi connectivity index (χ2n) is 8.02. The molecule has 0 aromatic heterocycles. The van der Waals surface area contributed by atoms with E-state index in [0.29, 0.717) is 10.7 Å². The Morgan fingerprint density at radius 2 is 1.65 bits per heavy atom. The summed E-state index contributed by atoms with van der Waals surface area (Å²) in [6.45, 7) is -0.473. The average molecular weight is 519 g/mol. The number of halogens is 2. The van der Waals surface area contributed by atoms with Crippen molar-refractivity contribution in [1.82, 2.24) is 0 Å². The molecular formula is C25H24Cl2N2O4S. The van der Waals surface area contributed by atoms with Crippen LogP contribution in [0.4, 0.5) is 11.4 Å². The number of anilines is 2. The van der Waals surface area contributed by atoms with E-state index in [1.807, 2.05) is 0 Å². The molecule has 9 heteroatoms. The number of sulfonamides is 1. The predicted octanol–water partition coefficient (Wildman–Crippen LogP) is 6.15. The van der Waals surface area contributed by atoms with Crippen molar-refractivity contribution in [3.05, 3.63) is 82.8 Å². The van der Waals surface area contributed by atoms with E-state index in [1.54, 1.807) is 42.5 Å². The summed E-state index contributed by atoms with van der Waals surface area (Å²) in [5, 5.41) is 3.22. The lowest BCUT2D eigenvalue weighted by Gasteiger charge is -2.25. The molecule has 1 fully saturated rings. The second kappa shape index (κ2) is 10.7. The number of carbonyl (C=O) groups is 1. The van der Waals surface area contributed by atoms with Gasteiger partial charge in [0.2, 0.25) is 5.91 Å². The van der Waals surface area contributed by atoms with Crippen molar-refractivity contribution in [2.24, 2.45) is 0 Å². The third-order valence-corrected chi connectivity index (χ3v) is 7.85. The van der Waals surface area contributed by atoms with Gasteiger partial charge in [-0.3, -0.25) is 9.10 Å². The summed E-state index contributed by atoms with van der Waals surface area (Å²) in [5.41, 5.74) is 0.688. The van der Waals surface area contributed by atoms with Crippen LogP contribution in [-0.4, -0.2) is 27.0 Å². The Morgan fingerprint density at radius 1 is 0.971 bits per heavy atom. The topological polar surface area (TPSA) is 75.7 Å². The number of rotatable bonds is 8. The van der Waals surface area contributed by atoms with Gasteiger partial charge in [0.05, 0.1) is 21.7 Å². The van der Waals surface area contributed by atoms with Crippen LogP contribution in [0.25, 0.3) is 0 Å². The van der Waals surface area contributed by atoms with Crippen LogP contribution in [0.15, 0.2) is 77.7 Å². The first-order valence-corrected chi connectivity index (χ1v) is 13.1. The molecule has 1 aliphatic carbocycles. The molecule has 0 bridgehead atoms. The van der Waals surface area contributed by atoms with Crippen LogP contribution in [0.1, 0.15) is 25.7 Å². The van der Waals surface area contributed by atoms with E-state index in [9.17, 15) is 13.2 Å². The maximum atomic E-state index is 13.4. The summed E-state index contributed by atoms with van der Waals surface area (Å²) in [6, 6.07) is 19.4. The van der Waals surface area contributed by atoms with E-state index in [2.05, 4.69) is 5.32 Å². The van der Waals surface area contributed by atoms with Gasteiger partial charge in [-0.15, -0.1) is 0 Å². The highest BCUT2D eigenvalue weighted by Crippen LogP contribution is 2.33. The van der Waals surface area contributed by atoms with Crippen molar-refractivity contribution in [3.63, 3.8) is 0 Å². The summed E-state index contributed by atoms with van der Waals surface area (Å²) in [5.74, 6) is 0.223. The van der Waals surface area contributed by atoms with Gasteiger partial charge in [0, 0.05) is 10.7 Å². The molecule has 34 heavy (non-hydrogen) atoms. The predicted molar refractivity (Wildman–Crippen MR) is 135 cm³/mol. The van der Waals surface area contributed by atoms with Gasteiger partial charge in [-0.05, 0) is 80.3 Å². The van der Waals surface area contributed by atoms with Gasteiger partial charge in [0.1, 0.15) is 12.3 Å². The van der Waals surface area contributed by atoms with Gasteiger partial charge >= 0.3 is 0 Å². The number of benzene rings is 3. The zero-order chi connectivity index (χ0) is 24.1. The normalized spacial score (nSPS) is 14.1. The summed E-state index contributed by atoms with van der Waals surface area (Å²) in [4.78, 5) is 12.9. The van der Waals surface area contributed by atoms with Crippen molar-refractivity contribution in [2.45, 2.75) is 36.7 Å². The van der Waals surface area contributed by atoms with Crippen LogP contribution in [-0.2, 0) is 14.8 Å². The Hall–Kier alpha value is -2.74. The molecule has 0 saturated heterocycles. The van der Waals surface area contributed by atoms with E-state index < -0.39 is 22.5 Å². The molecule has 0 atom stereocenters. The first-order valence-electron chi connectivity index (χ1n) is 10.9. The van der Waals surface area contributed by atoms with E-state index in [-0.39, 0.29) is 21.7 Å². The Bertz CT molecular complexity index is 1250. The maximum absolute atomic E-state index is 13.4. The van der Waals surface area contributed by atoms with Gasteiger partial charge in [0.15, 0.2) is 0 Å². The number of carbonyl (C=O) groups excluding carboxylic acids is 1. The second-order valence-corrected chi connectivity index (χ2v) is 10.7. The highest BCUT2D eigenvalue weighted by molar-refractivity contribution is 7.92. The first-order chi connectivity index (χ1) is 16.3. The third kappa shape index (κ3) is 5.84. The molecule has 1 aliphatic rings. The lowest BCUT2D eigenvalue weighted by Crippen LogP contribution is -2.38. The molecular weight excluding hydrogens is 495 g/mol. The highest BCUT2D eigenvalue weighted by Gasteiger charge is 2.29. The molecule has 6 nitrogen and oxygen atoms in total. The van der Waals surface area contributed by atoms with Crippen molar-refractivity contribution < 1.29 is 17.9 Å². The van der Waals surface area contributed by atoms with Gasteiger partial charge in [0.25, 0.3) is 10.0 Å². The summed E-state index contributed by atoms with van der Waals surface area (Å²) < 4.78 is 33.7. The van der Waals surface area contributed by atoms with Crippen LogP contribution in [0.5, 0.6) is 5.75 Å². The minimum Gasteiger partial charge on any atom is -0.490 e. The minimum absolute atomic E-state index is 0.0437. The van der Waals surface area contributed by atoms with Crippen LogP contribution < -0.4 is 14.4 Å². The number of hydrogen-bond acceptors (Lipinski definition) is 4. The lowest BCUT2D eigenvalue weighted by molar-refractivity contribution is -0.114. The molecule has 0 aliphatic heterocycles. The molecule has 0 heterocycles. The molecule has 1 saturated carbocycles. The molecule has 3 aromatic rings. The Morgan fingerprint density at radius 3 is 2.29 bits per heavy atom. The fourth-order valence-corrected chi connectivity index (χ4v) is 5.87. The van der Waals surface area contributed by atoms with E-state index in [0.717, 1.165) is 22.9 Å². The van der Waals surface area contributed by atoms with Crippen LogP contribution in [0, 0.1) is 0 Å². The third-order valence-electron chi connectivity index (χ3n) is 5.54. The van der Waals surface area contributed by atoms with Gasteiger partial charge < -0.3 is 10.1 Å². The van der Waals surface area contributed by atoms with E-state index >= 15 is 0 Å². The first kappa shape index (κ1) is 24.4. The molecule has 4 rings (SSSR count). The van der Waals surface area contributed by atoms with Crippen LogP contribution in [0.2, 0.25) is 10.0 Å². The maximum Gasteiger partial charge on any atom is 0.264 e. The molecule has 0 spiro atoms. The molecule has 0 radical (unpaired) electrons. The van der Waals surface area contributed by atoms with Crippen molar-refractivity contribution >= 4 is 50.5 Å². The summed E-state index contributed by atoms with van der Waals surface area (Å²) in [6.07, 6.45) is 4.70. The van der Waals surface area contributed by atoms with Gasteiger partial charge in [-0.2, -0.15) is 0 Å². The zero-order valence-electron chi connectivity index (χ0n) is 18.3. The van der Waals surface area contributed by atoms with Gasteiger partial charge in [-0.25, -0.2) is 8.42 Å². The number of nitrogens with zero attached hydrogens (tertiary/aromatic N) is 1. The Balaban J connectivity index is 1.53. The number of amides is 1. The lowest BCUT2D eigenvalue weighted by atomic mass is 10.2. The van der Waals surface area contributed by atoms with Crippen LogP contribution in [0.3, 0.4) is 0 Å². The molecule has 1 amide bonds. The zero-order valence-corrected chi connectivity index (χ0v) is 20.6. The Labute approximate surface area is 209 Å². The van der Waals surface area contributed by atoms with E-state index in [1.165, 1.54) is 43.2 Å². The fraction of sp³-hybridized carbons (Fsp3) is 0.240. The summed E-state index contributed by atoms with van der Waals surface area (Å²) in [7, 11) is -4.07. The monoisotopic (exact) mass is 518 g/mol.